The van der Waals surface area contributed by atoms with Crippen LogP contribution in [0.25, 0.3) is 6.08 Å². The molecule has 58 valence electrons. The van der Waals surface area contributed by atoms with Crippen molar-refractivity contribution in [2.75, 3.05) is 0 Å². The van der Waals surface area contributed by atoms with Crippen LogP contribution < -0.4 is 0 Å². The fourth-order valence-corrected chi connectivity index (χ4v) is 1.16. The van der Waals surface area contributed by atoms with E-state index in [1.807, 2.05) is 0 Å². The molecule has 1 fully saturated rings. The predicted octanol–water partition coefficient (Wildman–Crippen LogP) is 1.84. The summed E-state index contributed by atoms with van der Waals surface area (Å²) in [4.78, 5) is 4.15. The minimum Gasteiger partial charge on any atom is -0.335 e. The van der Waals surface area contributed by atoms with Gasteiger partial charge in [-0.2, -0.15) is 4.98 Å². The molecular formula is C8H10N2O. The van der Waals surface area contributed by atoms with E-state index in [1.165, 1.54) is 6.42 Å². The zero-order chi connectivity index (χ0) is 7.84. The van der Waals surface area contributed by atoms with Crippen molar-refractivity contribution in [3.05, 3.63) is 18.3 Å². The van der Waals surface area contributed by atoms with Crippen molar-refractivity contribution >= 4 is 6.08 Å². The molecule has 3 nitrogen and oxygen atoms in total. The molecule has 2 atom stereocenters. The molecule has 3 heteroatoms. The topological polar surface area (TPSA) is 38.9 Å². The van der Waals surface area contributed by atoms with Crippen molar-refractivity contribution in [3.8, 4) is 0 Å². The van der Waals surface area contributed by atoms with Gasteiger partial charge < -0.3 is 4.52 Å². The molecule has 2 rings (SSSR count). The average Bonchev–Trinajstić information content (AvgIpc) is 2.59. The van der Waals surface area contributed by atoms with Gasteiger partial charge in [-0.25, -0.2) is 0 Å². The molecule has 2 unspecified atom stereocenters. The lowest BCUT2D eigenvalue weighted by Crippen LogP contribution is -1.83. The van der Waals surface area contributed by atoms with Gasteiger partial charge in [-0.3, -0.25) is 0 Å². The van der Waals surface area contributed by atoms with E-state index < -0.39 is 0 Å². The molecule has 0 aliphatic heterocycles. The zero-order valence-corrected chi connectivity index (χ0v) is 6.45. The Balaban J connectivity index is 2.19. The Bertz CT molecular complexity index is 279. The van der Waals surface area contributed by atoms with E-state index in [-0.39, 0.29) is 0 Å². The normalized spacial score (nSPS) is 28.5. The fraction of sp³-hybridized carbons (Fsp3) is 0.500. The van der Waals surface area contributed by atoms with Crippen LogP contribution in [0.4, 0.5) is 0 Å². The van der Waals surface area contributed by atoms with E-state index in [9.17, 15) is 0 Å². The summed E-state index contributed by atoms with van der Waals surface area (Å²) in [6.45, 7) is 5.74. The third-order valence-electron chi connectivity index (χ3n) is 2.07. The molecule has 1 heterocycles. The zero-order valence-electron chi connectivity index (χ0n) is 6.45. The van der Waals surface area contributed by atoms with Gasteiger partial charge in [0.15, 0.2) is 5.82 Å². The highest BCUT2D eigenvalue weighted by Crippen LogP contribution is 2.45. The van der Waals surface area contributed by atoms with Gasteiger partial charge in [0.2, 0.25) is 5.89 Å². The molecule has 1 saturated carbocycles. The van der Waals surface area contributed by atoms with Crippen molar-refractivity contribution in [2.45, 2.75) is 19.3 Å². The average molecular weight is 150 g/mol. The lowest BCUT2D eigenvalue weighted by molar-refractivity contribution is 0.402. The van der Waals surface area contributed by atoms with Crippen molar-refractivity contribution in [1.29, 1.82) is 0 Å². The molecular weight excluding hydrogens is 140 g/mol. The maximum atomic E-state index is 4.88. The fourth-order valence-electron chi connectivity index (χ4n) is 1.16. The van der Waals surface area contributed by atoms with E-state index in [0.717, 1.165) is 11.7 Å². The first-order chi connectivity index (χ1) is 5.31. The third kappa shape index (κ3) is 1.06. The minimum absolute atomic E-state index is 0.527. The Labute approximate surface area is 65.1 Å². The Morgan fingerprint density at radius 2 is 2.45 bits per heavy atom. The first-order valence-electron chi connectivity index (χ1n) is 3.77. The molecule has 11 heavy (non-hydrogen) atoms. The lowest BCUT2D eigenvalue weighted by Gasteiger charge is -1.81. The number of aromatic nitrogens is 2. The molecule has 1 aromatic rings. The summed E-state index contributed by atoms with van der Waals surface area (Å²) in [6, 6.07) is 0. The van der Waals surface area contributed by atoms with E-state index in [0.29, 0.717) is 11.8 Å². The second-order valence-corrected chi connectivity index (χ2v) is 3.01. The Morgan fingerprint density at radius 3 is 2.91 bits per heavy atom. The van der Waals surface area contributed by atoms with Crippen molar-refractivity contribution in [3.63, 3.8) is 0 Å². The highest BCUT2D eigenvalue weighted by atomic mass is 16.5. The monoisotopic (exact) mass is 150 g/mol. The van der Waals surface area contributed by atoms with Gasteiger partial charge in [0.25, 0.3) is 0 Å². The molecule has 1 aliphatic carbocycles. The highest BCUT2D eigenvalue weighted by Gasteiger charge is 2.37. The maximum Gasteiger partial charge on any atom is 0.250 e. The van der Waals surface area contributed by atoms with Gasteiger partial charge in [0.05, 0.1) is 0 Å². The SMILES string of the molecule is C=Cc1nc(C2CC2C)no1. The smallest absolute Gasteiger partial charge is 0.250 e. The summed E-state index contributed by atoms with van der Waals surface area (Å²) in [5.41, 5.74) is 0. The third-order valence-corrected chi connectivity index (χ3v) is 2.07. The van der Waals surface area contributed by atoms with E-state index in [4.69, 9.17) is 4.52 Å². The molecule has 1 aromatic heterocycles. The van der Waals surface area contributed by atoms with E-state index >= 15 is 0 Å². The van der Waals surface area contributed by atoms with Crippen LogP contribution >= 0.6 is 0 Å². The number of rotatable bonds is 2. The largest absolute Gasteiger partial charge is 0.335 e. The summed E-state index contributed by atoms with van der Waals surface area (Å²) in [5.74, 6) is 2.63. The van der Waals surface area contributed by atoms with Crippen LogP contribution in [-0.2, 0) is 0 Å². The summed E-state index contributed by atoms with van der Waals surface area (Å²) >= 11 is 0. The number of nitrogens with zero attached hydrogens (tertiary/aromatic N) is 2. The Morgan fingerprint density at radius 1 is 1.73 bits per heavy atom. The van der Waals surface area contributed by atoms with Gasteiger partial charge in [-0.1, -0.05) is 18.7 Å². The van der Waals surface area contributed by atoms with Crippen LogP contribution in [-0.4, -0.2) is 10.1 Å². The molecule has 0 saturated heterocycles. The van der Waals surface area contributed by atoms with Gasteiger partial charge in [-0.15, -0.1) is 0 Å². The first-order valence-corrected chi connectivity index (χ1v) is 3.77. The Hall–Kier alpha value is -1.12. The summed E-state index contributed by atoms with van der Waals surface area (Å²) in [5, 5.41) is 3.84. The quantitative estimate of drug-likeness (QED) is 0.645. The van der Waals surface area contributed by atoms with Crippen molar-refractivity contribution in [1.82, 2.24) is 10.1 Å². The van der Waals surface area contributed by atoms with Crippen LogP contribution in [0.5, 0.6) is 0 Å². The van der Waals surface area contributed by atoms with Crippen LogP contribution in [0.3, 0.4) is 0 Å². The Kier molecular flexibility index (Phi) is 1.31. The van der Waals surface area contributed by atoms with E-state index in [1.54, 1.807) is 6.08 Å². The molecule has 0 aromatic carbocycles. The van der Waals surface area contributed by atoms with Crippen LogP contribution in [0.2, 0.25) is 0 Å². The van der Waals surface area contributed by atoms with Crippen molar-refractivity contribution < 1.29 is 4.52 Å². The van der Waals surface area contributed by atoms with Gasteiger partial charge >= 0.3 is 0 Å². The molecule has 0 spiro atoms. The minimum atomic E-state index is 0.527. The van der Waals surface area contributed by atoms with Crippen LogP contribution in [0, 0.1) is 5.92 Å². The lowest BCUT2D eigenvalue weighted by atomic mass is 10.3. The van der Waals surface area contributed by atoms with Crippen LogP contribution in [0.15, 0.2) is 11.1 Å². The second kappa shape index (κ2) is 2.19. The predicted molar refractivity (Wildman–Crippen MR) is 40.9 cm³/mol. The molecule has 1 aliphatic rings. The highest BCUT2D eigenvalue weighted by molar-refractivity contribution is 5.33. The molecule has 0 N–H and O–H groups in total. The number of hydrogen-bond donors (Lipinski definition) is 0. The van der Waals surface area contributed by atoms with E-state index in [2.05, 4.69) is 23.6 Å². The van der Waals surface area contributed by atoms with Gasteiger partial charge in [-0.05, 0) is 18.4 Å². The summed E-state index contributed by atoms with van der Waals surface area (Å²) in [6.07, 6.45) is 2.76. The van der Waals surface area contributed by atoms with Crippen LogP contribution in [0.1, 0.15) is 31.0 Å². The second-order valence-electron chi connectivity index (χ2n) is 3.01. The van der Waals surface area contributed by atoms with Gasteiger partial charge in [0, 0.05) is 5.92 Å². The molecule has 0 radical (unpaired) electrons. The van der Waals surface area contributed by atoms with Crippen molar-refractivity contribution in [2.24, 2.45) is 5.92 Å². The number of hydrogen-bond acceptors (Lipinski definition) is 3. The standard InChI is InChI=1S/C8H10N2O/c1-3-7-9-8(10-11-7)6-4-5(6)2/h3,5-6H,1,4H2,2H3. The summed E-state index contributed by atoms with van der Waals surface area (Å²) < 4.78 is 4.88. The van der Waals surface area contributed by atoms with Gasteiger partial charge in [0.1, 0.15) is 0 Å². The molecule has 0 bridgehead atoms. The maximum absolute atomic E-state index is 4.88. The summed E-state index contributed by atoms with van der Waals surface area (Å²) in [7, 11) is 0. The molecule has 0 amide bonds. The first kappa shape index (κ1) is 6.58.